The minimum atomic E-state index is -3.97. The van der Waals surface area contributed by atoms with Gasteiger partial charge in [-0.15, -0.1) is 0 Å². The van der Waals surface area contributed by atoms with Gasteiger partial charge in [0.25, 0.3) is 5.91 Å². The molecule has 1 amide bonds. The van der Waals surface area contributed by atoms with Crippen LogP contribution in [0.4, 0.5) is 0 Å². The van der Waals surface area contributed by atoms with Crippen molar-refractivity contribution >= 4 is 26.0 Å². The summed E-state index contributed by atoms with van der Waals surface area (Å²) in [6, 6.07) is 15.7. The molecule has 40 heavy (non-hydrogen) atoms. The molecule has 12 nitrogen and oxygen atoms in total. The highest BCUT2D eigenvalue weighted by atomic mass is 32.2. The Hall–Kier alpha value is -2.59. The summed E-state index contributed by atoms with van der Waals surface area (Å²) in [4.78, 5) is 13.9. The van der Waals surface area contributed by atoms with Gasteiger partial charge >= 0.3 is 0 Å². The Kier molecular flexibility index (Phi) is 10.2. The highest BCUT2D eigenvalue weighted by Crippen LogP contribution is 2.28. The lowest BCUT2D eigenvalue weighted by Crippen LogP contribution is -2.58. The van der Waals surface area contributed by atoms with Crippen molar-refractivity contribution in [2.45, 2.75) is 29.8 Å². The van der Waals surface area contributed by atoms with Crippen molar-refractivity contribution in [3.8, 4) is 5.75 Å². The third-order valence-electron chi connectivity index (χ3n) is 7.40. The van der Waals surface area contributed by atoms with Crippen LogP contribution in [0.2, 0.25) is 0 Å². The van der Waals surface area contributed by atoms with E-state index in [4.69, 9.17) is 4.74 Å². The van der Waals surface area contributed by atoms with Crippen LogP contribution in [-0.2, 0) is 24.8 Å². The molecule has 0 spiro atoms. The second-order valence-corrected chi connectivity index (χ2v) is 13.9. The first-order valence-electron chi connectivity index (χ1n) is 13.2. The quantitative estimate of drug-likeness (QED) is 0.215. The summed E-state index contributed by atoms with van der Waals surface area (Å²) in [5.74, 6) is 0.145. The lowest BCUT2D eigenvalue weighted by Gasteiger charge is -2.37. The summed E-state index contributed by atoms with van der Waals surface area (Å²) >= 11 is 0. The highest BCUT2D eigenvalue weighted by molar-refractivity contribution is 7.89. The fraction of sp³-hybridized carbons (Fsp3) is 0.500. The largest absolute Gasteiger partial charge is 0.493 e. The van der Waals surface area contributed by atoms with Crippen LogP contribution in [0.25, 0.3) is 0 Å². The maximum absolute atomic E-state index is 12.9. The van der Waals surface area contributed by atoms with Crippen molar-refractivity contribution in [3.63, 3.8) is 0 Å². The van der Waals surface area contributed by atoms with Gasteiger partial charge in [0.05, 0.1) is 17.8 Å². The number of nitrogens with one attached hydrogen (secondary N) is 3. The Bertz CT molecular complexity index is 1330. The number of hydrogen-bond donors (Lipinski definition) is 4. The van der Waals surface area contributed by atoms with Crippen molar-refractivity contribution in [2.75, 3.05) is 52.1 Å². The van der Waals surface area contributed by atoms with Crippen LogP contribution in [0.3, 0.4) is 0 Å². The molecule has 2 fully saturated rings. The summed E-state index contributed by atoms with van der Waals surface area (Å²) in [7, 11) is -7.34. The second-order valence-electron chi connectivity index (χ2n) is 10.1. The van der Waals surface area contributed by atoms with E-state index in [1.807, 2.05) is 18.2 Å². The molecule has 2 aliphatic heterocycles. The van der Waals surface area contributed by atoms with Crippen LogP contribution in [0.5, 0.6) is 5.75 Å². The summed E-state index contributed by atoms with van der Waals surface area (Å²) < 4.78 is 59.1. The molecule has 2 aliphatic rings. The van der Waals surface area contributed by atoms with Gasteiger partial charge in [0.1, 0.15) is 11.8 Å². The van der Waals surface area contributed by atoms with E-state index in [0.717, 1.165) is 25.6 Å². The number of rotatable bonds is 11. The first-order valence-corrected chi connectivity index (χ1v) is 16.5. The van der Waals surface area contributed by atoms with Gasteiger partial charge in [-0.3, -0.25) is 14.9 Å². The molecule has 0 bridgehead atoms. The molecule has 0 radical (unpaired) electrons. The Morgan fingerprint density at radius 3 is 2.35 bits per heavy atom. The lowest BCUT2D eigenvalue weighted by molar-refractivity contribution is -0.135. The molecule has 2 aromatic carbocycles. The van der Waals surface area contributed by atoms with Gasteiger partial charge in [-0.1, -0.05) is 30.3 Å². The maximum Gasteiger partial charge on any atom is 0.262 e. The number of carbonyl (C=O) groups is 1. The molecule has 0 aromatic heterocycles. The number of hydrogen-bond acceptors (Lipinski definition) is 9. The van der Waals surface area contributed by atoms with Crippen molar-refractivity contribution in [3.05, 3.63) is 60.2 Å². The SMILES string of the molecule is CS(=O)(=O)N1CCN([C@@H](CNS(=O)(=O)c2ccc(OCC3CCNC(c4ccccc4)C3)cc2)C(=O)NO)CC1. The Balaban J connectivity index is 1.30. The lowest BCUT2D eigenvalue weighted by atomic mass is 9.89. The summed E-state index contributed by atoms with van der Waals surface area (Å²) in [5, 5.41) is 12.7. The molecule has 0 aliphatic carbocycles. The van der Waals surface area contributed by atoms with E-state index in [9.17, 15) is 26.8 Å². The zero-order chi connectivity index (χ0) is 28.8. The summed E-state index contributed by atoms with van der Waals surface area (Å²) in [6.45, 7) is 1.87. The normalized spacial score (nSPS) is 21.9. The number of amides is 1. The predicted octanol–water partition coefficient (Wildman–Crippen LogP) is 0.536. The van der Waals surface area contributed by atoms with E-state index in [-0.39, 0.29) is 43.7 Å². The fourth-order valence-corrected chi connectivity index (χ4v) is 6.96. The summed E-state index contributed by atoms with van der Waals surface area (Å²) in [5.41, 5.74) is 2.83. The molecular formula is C26H37N5O7S2. The smallest absolute Gasteiger partial charge is 0.262 e. The van der Waals surface area contributed by atoms with Gasteiger partial charge < -0.3 is 10.1 Å². The number of benzene rings is 2. The van der Waals surface area contributed by atoms with E-state index in [1.54, 1.807) is 22.5 Å². The second kappa shape index (κ2) is 13.4. The molecular weight excluding hydrogens is 558 g/mol. The van der Waals surface area contributed by atoms with E-state index >= 15 is 0 Å². The average Bonchev–Trinajstić information content (AvgIpc) is 2.96. The van der Waals surface area contributed by atoms with Crippen molar-refractivity contribution in [1.29, 1.82) is 0 Å². The molecule has 3 atom stereocenters. The molecule has 4 N–H and O–H groups in total. The third kappa shape index (κ3) is 8.00. The van der Waals surface area contributed by atoms with Crippen molar-refractivity contribution in [1.82, 2.24) is 24.7 Å². The highest BCUT2D eigenvalue weighted by Gasteiger charge is 2.32. The van der Waals surface area contributed by atoms with Crippen LogP contribution >= 0.6 is 0 Å². The Morgan fingerprint density at radius 2 is 1.73 bits per heavy atom. The Morgan fingerprint density at radius 1 is 1.05 bits per heavy atom. The number of nitrogens with zero attached hydrogens (tertiary/aromatic N) is 2. The van der Waals surface area contributed by atoms with E-state index in [0.29, 0.717) is 18.3 Å². The first kappa shape index (κ1) is 30.4. The number of ether oxygens (including phenoxy) is 1. The molecule has 0 saturated carbocycles. The zero-order valence-corrected chi connectivity index (χ0v) is 24.0. The van der Waals surface area contributed by atoms with Crippen LogP contribution in [0.1, 0.15) is 24.4 Å². The van der Waals surface area contributed by atoms with Crippen LogP contribution in [0.15, 0.2) is 59.5 Å². The van der Waals surface area contributed by atoms with E-state index in [2.05, 4.69) is 22.2 Å². The van der Waals surface area contributed by atoms with Crippen LogP contribution in [-0.4, -0.2) is 95.3 Å². The first-order chi connectivity index (χ1) is 19.1. The number of piperidine rings is 1. The standard InChI is InChI=1S/C26H37N5O7S2/c1-39(34,35)31-15-13-30(14-16-31)25(26(32)29-33)18-28-40(36,37)23-9-7-22(8-10-23)38-19-20-11-12-27-24(17-20)21-5-3-2-4-6-21/h2-10,20,24-25,27-28,33H,11-19H2,1H3,(H,29,32)/t20?,24?,25-/m0/s1. The molecule has 2 aromatic rings. The van der Waals surface area contributed by atoms with Gasteiger partial charge in [0.2, 0.25) is 20.0 Å². The number of carbonyl (C=O) groups excluding carboxylic acids is 1. The van der Waals surface area contributed by atoms with Gasteiger partial charge in [-0.05, 0) is 55.1 Å². The van der Waals surface area contributed by atoms with E-state index < -0.39 is 32.0 Å². The minimum Gasteiger partial charge on any atom is -0.493 e. The average molecular weight is 596 g/mol. The molecule has 4 rings (SSSR count). The third-order valence-corrected chi connectivity index (χ3v) is 10.1. The molecule has 2 heterocycles. The van der Waals surface area contributed by atoms with Gasteiger partial charge in [0, 0.05) is 38.8 Å². The van der Waals surface area contributed by atoms with E-state index in [1.165, 1.54) is 22.0 Å². The number of hydroxylamine groups is 1. The van der Waals surface area contributed by atoms with Crippen LogP contribution in [0, 0.1) is 5.92 Å². The fourth-order valence-electron chi connectivity index (χ4n) is 5.10. The minimum absolute atomic E-state index is 0.0101. The molecule has 14 heteroatoms. The van der Waals surface area contributed by atoms with Crippen LogP contribution < -0.4 is 20.3 Å². The number of piperazine rings is 1. The van der Waals surface area contributed by atoms with Crippen molar-refractivity contribution in [2.24, 2.45) is 5.92 Å². The monoisotopic (exact) mass is 595 g/mol. The molecule has 2 saturated heterocycles. The predicted molar refractivity (Wildman–Crippen MR) is 149 cm³/mol. The van der Waals surface area contributed by atoms with Gasteiger partial charge in [-0.25, -0.2) is 27.0 Å². The van der Waals surface area contributed by atoms with Gasteiger partial charge in [-0.2, -0.15) is 4.31 Å². The molecule has 2 unspecified atom stereocenters. The van der Waals surface area contributed by atoms with Gasteiger partial charge in [0.15, 0.2) is 0 Å². The van der Waals surface area contributed by atoms with Crippen molar-refractivity contribution < 1.29 is 31.6 Å². The maximum atomic E-state index is 12.9. The zero-order valence-electron chi connectivity index (χ0n) is 22.4. The summed E-state index contributed by atoms with van der Waals surface area (Å²) in [6.07, 6.45) is 3.05. The topological polar surface area (TPSA) is 157 Å². The number of sulfonamides is 2. The Labute approximate surface area is 235 Å². The molecule has 220 valence electrons.